The lowest BCUT2D eigenvalue weighted by Crippen LogP contribution is -2.35. The van der Waals surface area contributed by atoms with E-state index >= 15 is 0 Å². The van der Waals surface area contributed by atoms with Crippen molar-refractivity contribution in [2.45, 2.75) is 37.5 Å². The van der Waals surface area contributed by atoms with Crippen LogP contribution in [0.5, 0.6) is 5.75 Å². The van der Waals surface area contributed by atoms with Crippen LogP contribution in [0.15, 0.2) is 53.4 Å². The van der Waals surface area contributed by atoms with E-state index in [1.54, 1.807) is 12.1 Å². The average molecular weight is 431 g/mol. The van der Waals surface area contributed by atoms with Gasteiger partial charge in [0.25, 0.3) is 15.9 Å². The highest BCUT2D eigenvalue weighted by Crippen LogP contribution is 2.29. The van der Waals surface area contributed by atoms with Crippen molar-refractivity contribution in [2.24, 2.45) is 0 Å². The number of benzene rings is 2. The van der Waals surface area contributed by atoms with Gasteiger partial charge < -0.3 is 10.1 Å². The lowest BCUT2D eigenvalue weighted by molar-refractivity contribution is -0.121. The fourth-order valence-electron chi connectivity index (χ4n) is 3.15. The summed E-state index contributed by atoms with van der Waals surface area (Å²) in [5.41, 5.74) is 1.42. The van der Waals surface area contributed by atoms with Crippen molar-refractivity contribution in [3.05, 3.63) is 59.7 Å². The van der Waals surface area contributed by atoms with E-state index in [0.717, 1.165) is 4.31 Å². The molecule has 0 atom stereocenters. The van der Waals surface area contributed by atoms with Gasteiger partial charge >= 0.3 is 0 Å². The van der Waals surface area contributed by atoms with Crippen molar-refractivity contribution in [1.29, 1.82) is 0 Å². The van der Waals surface area contributed by atoms with Crippen molar-refractivity contribution in [3.63, 3.8) is 0 Å². The van der Waals surface area contributed by atoms with Gasteiger partial charge in [0.1, 0.15) is 17.3 Å². The van der Waals surface area contributed by atoms with Crippen LogP contribution >= 0.6 is 0 Å². The van der Waals surface area contributed by atoms with Crippen LogP contribution in [0, 0.1) is 0 Å². The van der Waals surface area contributed by atoms with Gasteiger partial charge in [-0.1, -0.05) is 45.0 Å². The first-order valence-corrected chi connectivity index (χ1v) is 11.2. The molecule has 0 saturated heterocycles. The van der Waals surface area contributed by atoms with E-state index in [-0.39, 0.29) is 47.9 Å². The Labute approximate surface area is 177 Å². The van der Waals surface area contributed by atoms with E-state index in [0.29, 0.717) is 5.75 Å². The molecule has 1 heterocycles. The average Bonchev–Trinajstić information content (AvgIpc) is 2.89. The van der Waals surface area contributed by atoms with Crippen molar-refractivity contribution in [3.8, 4) is 5.75 Å². The lowest BCUT2D eigenvalue weighted by atomic mass is 9.87. The summed E-state index contributed by atoms with van der Waals surface area (Å²) in [6, 6.07) is 13.9. The predicted molar refractivity (Wildman–Crippen MR) is 113 cm³/mol. The second kappa shape index (κ2) is 8.47. The first-order valence-electron chi connectivity index (χ1n) is 9.77. The molecule has 1 aliphatic rings. The molecule has 0 unspecified atom stereocenters. The number of rotatable bonds is 7. The van der Waals surface area contributed by atoms with Crippen LogP contribution in [0.2, 0.25) is 0 Å². The van der Waals surface area contributed by atoms with Crippen LogP contribution in [0.4, 0.5) is 0 Å². The molecule has 7 nitrogen and oxygen atoms in total. The van der Waals surface area contributed by atoms with Gasteiger partial charge in [0.05, 0.1) is 12.1 Å². The van der Waals surface area contributed by atoms with Gasteiger partial charge in [0.2, 0.25) is 5.91 Å². The van der Waals surface area contributed by atoms with Crippen molar-refractivity contribution >= 4 is 21.8 Å². The smallest absolute Gasteiger partial charge is 0.269 e. The van der Waals surface area contributed by atoms with E-state index in [9.17, 15) is 18.0 Å². The van der Waals surface area contributed by atoms with Gasteiger partial charge in [0, 0.05) is 13.0 Å². The minimum atomic E-state index is -3.89. The molecule has 2 amide bonds. The summed E-state index contributed by atoms with van der Waals surface area (Å²) in [5, 5.41) is 2.68. The minimum Gasteiger partial charge on any atom is -0.492 e. The third-order valence-electron chi connectivity index (χ3n) is 4.87. The third-order valence-corrected chi connectivity index (χ3v) is 6.71. The summed E-state index contributed by atoms with van der Waals surface area (Å²) in [4.78, 5) is 24.4. The highest BCUT2D eigenvalue weighted by atomic mass is 32.2. The number of carbonyl (C=O) groups excluding carboxylic acids is 2. The third kappa shape index (κ3) is 4.64. The molecule has 0 fully saturated rings. The Bertz CT molecular complexity index is 1040. The fourth-order valence-corrected chi connectivity index (χ4v) is 4.72. The Kier molecular flexibility index (Phi) is 6.17. The Hall–Kier alpha value is -2.87. The number of sulfonamides is 1. The summed E-state index contributed by atoms with van der Waals surface area (Å²) in [7, 11) is -3.89. The highest BCUT2D eigenvalue weighted by Gasteiger charge is 2.40. The van der Waals surface area contributed by atoms with Crippen LogP contribution in [-0.4, -0.2) is 44.2 Å². The molecule has 3 rings (SSSR count). The molecule has 1 N–H and O–H groups in total. The standard InChI is InChI=1S/C22H26N2O5S/c1-22(2,3)16-8-10-17(11-9-16)29-15-13-23-20(25)12-14-24-21(26)18-6-4-5-7-19(18)30(24,27)28/h4-11H,12-15H2,1-3H3,(H,23,25). The fraction of sp³-hybridized carbons (Fsp3) is 0.364. The number of ether oxygens (including phenoxy) is 1. The van der Waals surface area contributed by atoms with E-state index in [1.807, 2.05) is 24.3 Å². The second-order valence-electron chi connectivity index (χ2n) is 8.10. The van der Waals surface area contributed by atoms with Crippen molar-refractivity contribution in [1.82, 2.24) is 9.62 Å². The Morgan fingerprint density at radius 1 is 1.07 bits per heavy atom. The molecule has 2 aromatic rings. The van der Waals surface area contributed by atoms with Crippen molar-refractivity contribution < 1.29 is 22.7 Å². The summed E-state index contributed by atoms with van der Waals surface area (Å²) in [5.74, 6) is -0.232. The number of fused-ring (bicyclic) bond motifs is 1. The first kappa shape index (κ1) is 21.8. The molecule has 8 heteroatoms. The molecular weight excluding hydrogens is 404 g/mol. The van der Waals surface area contributed by atoms with Crippen LogP contribution in [0.3, 0.4) is 0 Å². The summed E-state index contributed by atoms with van der Waals surface area (Å²) in [6.45, 7) is 6.78. The van der Waals surface area contributed by atoms with Gasteiger partial charge in [-0.2, -0.15) is 0 Å². The normalized spacial score (nSPS) is 15.0. The lowest BCUT2D eigenvalue weighted by Gasteiger charge is -2.19. The molecule has 0 spiro atoms. The molecule has 1 aliphatic heterocycles. The summed E-state index contributed by atoms with van der Waals surface area (Å²) < 4.78 is 31.3. The van der Waals surface area contributed by atoms with Crippen molar-refractivity contribution in [2.75, 3.05) is 19.7 Å². The zero-order valence-corrected chi connectivity index (χ0v) is 18.2. The maximum absolute atomic E-state index is 12.5. The van der Waals surface area contributed by atoms with Gasteiger partial charge in [0.15, 0.2) is 0 Å². The van der Waals surface area contributed by atoms with Crippen LogP contribution in [-0.2, 0) is 20.2 Å². The molecule has 0 bridgehead atoms. The first-order chi connectivity index (χ1) is 14.1. The number of nitrogens with one attached hydrogen (secondary N) is 1. The van der Waals surface area contributed by atoms with Gasteiger partial charge in [-0.25, -0.2) is 12.7 Å². The number of amides is 2. The molecule has 0 radical (unpaired) electrons. The number of nitrogens with zero attached hydrogens (tertiary/aromatic N) is 1. The molecule has 2 aromatic carbocycles. The quantitative estimate of drug-likeness (QED) is 0.682. The predicted octanol–water partition coefficient (Wildman–Crippen LogP) is 2.71. The SMILES string of the molecule is CC(C)(C)c1ccc(OCCNC(=O)CCN2C(=O)c3ccccc3S2(=O)=O)cc1. The van der Waals surface area contributed by atoms with E-state index < -0.39 is 15.9 Å². The minimum absolute atomic E-state index is 0.0127. The molecule has 30 heavy (non-hydrogen) atoms. The maximum Gasteiger partial charge on any atom is 0.269 e. The number of hydrogen-bond donors (Lipinski definition) is 1. The zero-order valence-electron chi connectivity index (χ0n) is 17.3. The highest BCUT2D eigenvalue weighted by molar-refractivity contribution is 7.90. The monoisotopic (exact) mass is 430 g/mol. The summed E-state index contributed by atoms with van der Waals surface area (Å²) >= 11 is 0. The van der Waals surface area contributed by atoms with Gasteiger partial charge in [-0.3, -0.25) is 9.59 Å². The second-order valence-corrected chi connectivity index (χ2v) is 9.93. The summed E-state index contributed by atoms with van der Waals surface area (Å²) in [6.07, 6.45) is -0.112. The number of hydrogen-bond acceptors (Lipinski definition) is 5. The van der Waals surface area contributed by atoms with E-state index in [1.165, 1.54) is 17.7 Å². The molecule has 160 valence electrons. The van der Waals surface area contributed by atoms with Crippen LogP contribution in [0.25, 0.3) is 0 Å². The number of carbonyl (C=O) groups is 2. The van der Waals surface area contributed by atoms with Crippen LogP contribution < -0.4 is 10.1 Å². The topological polar surface area (TPSA) is 92.8 Å². The maximum atomic E-state index is 12.5. The Balaban J connectivity index is 1.43. The molecule has 0 saturated carbocycles. The Morgan fingerprint density at radius 3 is 2.37 bits per heavy atom. The van der Waals surface area contributed by atoms with Crippen LogP contribution in [0.1, 0.15) is 43.1 Å². The molecule has 0 aliphatic carbocycles. The Morgan fingerprint density at radius 2 is 1.73 bits per heavy atom. The van der Waals surface area contributed by atoms with Gasteiger partial charge in [-0.05, 0) is 35.2 Å². The van der Waals surface area contributed by atoms with E-state index in [4.69, 9.17) is 4.74 Å². The van der Waals surface area contributed by atoms with E-state index in [2.05, 4.69) is 26.1 Å². The molecular formula is C22H26N2O5S. The zero-order chi connectivity index (χ0) is 21.9. The van der Waals surface area contributed by atoms with Gasteiger partial charge in [-0.15, -0.1) is 0 Å². The molecule has 0 aromatic heterocycles. The largest absolute Gasteiger partial charge is 0.492 e.